The molecular weight excluding hydrogens is 376 g/mol. The normalized spacial score (nSPS) is 53.4. The Hall–Kier alpha value is -0.820. The molecule has 0 aromatic carbocycles. The highest BCUT2D eigenvalue weighted by molar-refractivity contribution is 5.40. The van der Waals surface area contributed by atoms with Crippen LogP contribution in [0.3, 0.4) is 0 Å². The van der Waals surface area contributed by atoms with Gasteiger partial charge in [-0.15, -0.1) is 0 Å². The van der Waals surface area contributed by atoms with E-state index in [0.717, 1.165) is 12.8 Å². The molecule has 0 amide bonds. The number of aliphatic hydroxyl groups excluding tert-OH is 1. The van der Waals surface area contributed by atoms with E-state index in [1.54, 1.807) is 11.1 Å². The van der Waals surface area contributed by atoms with Gasteiger partial charge in [0.2, 0.25) is 0 Å². The molecule has 0 aromatic heterocycles. The maximum atomic E-state index is 10.8. The first-order chi connectivity index (χ1) is 14.3. The average molecular weight is 423 g/mol. The maximum Gasteiger partial charge on any atom is 0.0628 e. The van der Waals surface area contributed by atoms with Crippen LogP contribution >= 0.6 is 0 Å². The molecule has 0 aromatic rings. The summed E-state index contributed by atoms with van der Waals surface area (Å²) in [4.78, 5) is 0. The molecule has 0 bridgehead atoms. The summed E-state index contributed by atoms with van der Waals surface area (Å²) in [6.45, 7) is 22.0. The van der Waals surface area contributed by atoms with Gasteiger partial charge in [0.25, 0.3) is 0 Å². The molecule has 0 heterocycles. The number of hydrogen-bond acceptors (Lipinski definition) is 1. The van der Waals surface area contributed by atoms with Gasteiger partial charge in [-0.05, 0) is 90.8 Å². The lowest BCUT2D eigenvalue weighted by atomic mass is 9.35. The largest absolute Gasteiger partial charge is 0.392 e. The van der Waals surface area contributed by atoms with Gasteiger partial charge in [0.15, 0.2) is 0 Å². The molecule has 0 radical (unpaired) electrons. The van der Waals surface area contributed by atoms with Crippen LogP contribution in [-0.2, 0) is 0 Å². The summed E-state index contributed by atoms with van der Waals surface area (Å²) in [5.74, 6) is 1.96. The second kappa shape index (κ2) is 6.40. The van der Waals surface area contributed by atoms with Gasteiger partial charge >= 0.3 is 0 Å². The van der Waals surface area contributed by atoms with Crippen LogP contribution in [0.4, 0.5) is 0 Å². The monoisotopic (exact) mass is 422 g/mol. The molecule has 5 rings (SSSR count). The van der Waals surface area contributed by atoms with Crippen molar-refractivity contribution in [2.45, 2.75) is 106 Å². The Morgan fingerprint density at radius 3 is 2.39 bits per heavy atom. The zero-order valence-electron chi connectivity index (χ0n) is 21.3. The SMILES string of the molecule is C=C1CC[C@]2(C)CC[C@]3(C)C(=CC[C@H]4[C@@]5(C)CC[C@H](O)C(C)(C)C5=CC[C@]43C)[C@H]2[C@@H]1C. The number of aliphatic hydroxyl groups is 1. The lowest BCUT2D eigenvalue weighted by molar-refractivity contribution is -0.111. The van der Waals surface area contributed by atoms with E-state index < -0.39 is 0 Å². The van der Waals surface area contributed by atoms with Crippen LogP contribution in [0.1, 0.15) is 99.8 Å². The molecule has 172 valence electrons. The van der Waals surface area contributed by atoms with Gasteiger partial charge in [0, 0.05) is 5.41 Å². The highest BCUT2D eigenvalue weighted by Crippen LogP contribution is 2.74. The molecular formula is C30H46O. The third kappa shape index (κ3) is 2.54. The minimum atomic E-state index is -0.203. The second-order valence-corrected chi connectivity index (χ2v) is 13.8. The summed E-state index contributed by atoms with van der Waals surface area (Å²) in [6.07, 6.45) is 14.8. The van der Waals surface area contributed by atoms with E-state index in [1.165, 1.54) is 44.1 Å². The molecule has 0 unspecified atom stereocenters. The van der Waals surface area contributed by atoms with E-state index in [0.29, 0.717) is 28.6 Å². The van der Waals surface area contributed by atoms with E-state index in [9.17, 15) is 5.11 Å². The van der Waals surface area contributed by atoms with Gasteiger partial charge in [0.1, 0.15) is 0 Å². The molecule has 1 nitrogen and oxygen atoms in total. The first kappa shape index (κ1) is 22.0. The van der Waals surface area contributed by atoms with Crippen molar-refractivity contribution in [3.63, 3.8) is 0 Å². The van der Waals surface area contributed by atoms with Crippen molar-refractivity contribution >= 4 is 0 Å². The molecule has 31 heavy (non-hydrogen) atoms. The summed E-state index contributed by atoms with van der Waals surface area (Å²) in [7, 11) is 0. The van der Waals surface area contributed by atoms with Gasteiger partial charge in [0.05, 0.1) is 6.10 Å². The quantitative estimate of drug-likeness (QED) is 0.394. The van der Waals surface area contributed by atoms with Crippen LogP contribution in [0.15, 0.2) is 35.5 Å². The first-order valence-electron chi connectivity index (χ1n) is 13.1. The number of hydrogen-bond donors (Lipinski definition) is 1. The van der Waals surface area contributed by atoms with Crippen molar-refractivity contribution in [2.75, 3.05) is 0 Å². The average Bonchev–Trinajstić information content (AvgIpc) is 2.69. The Morgan fingerprint density at radius 2 is 1.68 bits per heavy atom. The Labute approximate surface area is 191 Å². The van der Waals surface area contributed by atoms with Crippen molar-refractivity contribution in [1.82, 2.24) is 0 Å². The van der Waals surface area contributed by atoms with Crippen LogP contribution in [0.2, 0.25) is 0 Å². The lowest BCUT2D eigenvalue weighted by Gasteiger charge is -2.69. The van der Waals surface area contributed by atoms with E-state index in [-0.39, 0.29) is 22.3 Å². The fourth-order valence-corrected chi connectivity index (χ4v) is 9.82. The van der Waals surface area contributed by atoms with Gasteiger partial charge < -0.3 is 5.11 Å². The summed E-state index contributed by atoms with van der Waals surface area (Å²) < 4.78 is 0. The van der Waals surface area contributed by atoms with Crippen molar-refractivity contribution in [3.05, 3.63) is 35.5 Å². The Kier molecular flexibility index (Phi) is 4.54. The van der Waals surface area contributed by atoms with Gasteiger partial charge in [-0.1, -0.05) is 83.9 Å². The molecule has 5 aliphatic rings. The molecule has 3 fully saturated rings. The molecule has 0 spiro atoms. The summed E-state index contributed by atoms with van der Waals surface area (Å²) in [5.41, 5.74) is 5.98. The minimum Gasteiger partial charge on any atom is -0.392 e. The smallest absolute Gasteiger partial charge is 0.0628 e. The molecule has 3 saturated carbocycles. The number of fused-ring (bicyclic) bond motifs is 7. The van der Waals surface area contributed by atoms with Crippen LogP contribution < -0.4 is 0 Å². The van der Waals surface area contributed by atoms with Crippen molar-refractivity contribution in [1.29, 1.82) is 0 Å². The van der Waals surface area contributed by atoms with Crippen LogP contribution in [0, 0.1) is 44.8 Å². The Balaban J connectivity index is 1.62. The second-order valence-electron chi connectivity index (χ2n) is 13.8. The maximum absolute atomic E-state index is 10.8. The molecule has 5 aliphatic carbocycles. The number of allylic oxidation sites excluding steroid dienone is 4. The van der Waals surface area contributed by atoms with Gasteiger partial charge in [-0.25, -0.2) is 0 Å². The zero-order chi connectivity index (χ0) is 22.6. The lowest BCUT2D eigenvalue weighted by Crippen LogP contribution is -2.61. The van der Waals surface area contributed by atoms with E-state index in [1.807, 2.05) is 0 Å². The molecule has 1 N–H and O–H groups in total. The Bertz CT molecular complexity index is 875. The summed E-state index contributed by atoms with van der Waals surface area (Å²) in [5, 5.41) is 10.8. The molecule has 8 atom stereocenters. The van der Waals surface area contributed by atoms with Crippen LogP contribution in [-0.4, -0.2) is 11.2 Å². The highest BCUT2D eigenvalue weighted by Gasteiger charge is 2.66. The standard InChI is InChI=1S/C30H46O/c1-19-11-14-27(5)17-18-29(7)21(25(27)20(19)2)9-10-23-28(6)15-13-24(31)26(3,4)22(28)12-16-30(23,29)8/h9,12,20,23-25,31H,1,10-11,13-18H2,2-8H3/t20-,23+,24+,25-,27-,28+,29-,30-/m1/s1. The third-order valence-electron chi connectivity index (χ3n) is 12.3. The van der Waals surface area contributed by atoms with E-state index in [2.05, 4.69) is 67.2 Å². The molecule has 1 heteroatoms. The van der Waals surface area contributed by atoms with Gasteiger partial charge in [-0.2, -0.15) is 0 Å². The van der Waals surface area contributed by atoms with E-state index in [4.69, 9.17) is 0 Å². The number of rotatable bonds is 0. The predicted octanol–water partition coefficient (Wildman–Crippen LogP) is 7.87. The van der Waals surface area contributed by atoms with Crippen LogP contribution in [0.25, 0.3) is 0 Å². The Morgan fingerprint density at radius 1 is 0.968 bits per heavy atom. The van der Waals surface area contributed by atoms with Crippen molar-refractivity contribution in [2.24, 2.45) is 44.8 Å². The first-order valence-corrected chi connectivity index (χ1v) is 13.1. The van der Waals surface area contributed by atoms with Gasteiger partial charge in [-0.3, -0.25) is 0 Å². The third-order valence-corrected chi connectivity index (χ3v) is 12.3. The fourth-order valence-electron chi connectivity index (χ4n) is 9.82. The predicted molar refractivity (Wildman–Crippen MR) is 131 cm³/mol. The topological polar surface area (TPSA) is 20.2 Å². The fraction of sp³-hybridized carbons (Fsp3) is 0.800. The molecule has 0 saturated heterocycles. The molecule has 0 aliphatic heterocycles. The van der Waals surface area contributed by atoms with Crippen LogP contribution in [0.5, 0.6) is 0 Å². The zero-order valence-corrected chi connectivity index (χ0v) is 21.3. The van der Waals surface area contributed by atoms with E-state index >= 15 is 0 Å². The van der Waals surface area contributed by atoms with Crippen molar-refractivity contribution < 1.29 is 5.11 Å². The minimum absolute atomic E-state index is 0.0972. The summed E-state index contributed by atoms with van der Waals surface area (Å²) >= 11 is 0. The highest BCUT2D eigenvalue weighted by atomic mass is 16.3. The van der Waals surface area contributed by atoms with Crippen molar-refractivity contribution in [3.8, 4) is 0 Å². The summed E-state index contributed by atoms with van der Waals surface area (Å²) in [6, 6.07) is 0.